The fraction of sp³-hybridized carbons (Fsp3) is 0.103. The van der Waals surface area contributed by atoms with Crippen LogP contribution in [0.2, 0.25) is 0 Å². The molecule has 688 valence electrons. The smallest absolute Gasteiger partial charge is 0.545 e. The third-order valence-corrected chi connectivity index (χ3v) is 20.3. The van der Waals surface area contributed by atoms with Crippen molar-refractivity contribution in [1.29, 1.82) is 0 Å². The fourth-order valence-corrected chi connectivity index (χ4v) is 12.9. The molecule has 4 heterocycles. The molecule has 16 aromatic rings. The van der Waals surface area contributed by atoms with Crippen molar-refractivity contribution in [3.8, 4) is 0 Å². The number of aromatic nitrogens is 4. The zero-order valence-corrected chi connectivity index (χ0v) is 90.9. The number of pyridine rings is 4. The Morgan fingerprint density at radius 1 is 0.171 bits per heavy atom. The van der Waals surface area contributed by atoms with Gasteiger partial charge in [-0.2, -0.15) is 0 Å². The molecule has 12 aromatic carbocycles. The maximum absolute atomic E-state index is 10.2. The van der Waals surface area contributed by atoms with Gasteiger partial charge in [0.1, 0.15) is 0 Å². The normalized spacial score (nSPS) is 12.2. The van der Waals surface area contributed by atoms with Gasteiger partial charge in [-0.3, -0.25) is 19.9 Å². The van der Waals surface area contributed by atoms with E-state index >= 15 is 0 Å². The minimum absolute atomic E-state index is 0. The van der Waals surface area contributed by atoms with Crippen LogP contribution in [0.5, 0.6) is 0 Å². The van der Waals surface area contributed by atoms with E-state index in [4.69, 9.17) is 0 Å². The molecule has 0 amide bonds. The Hall–Kier alpha value is -15.0. The summed E-state index contributed by atoms with van der Waals surface area (Å²) in [7, 11) is 0. The Morgan fingerprint density at radius 3 is 0.436 bits per heavy atom. The zero-order valence-electron chi connectivity index (χ0n) is 79.0. The van der Waals surface area contributed by atoms with Crippen LogP contribution in [0.3, 0.4) is 0 Å². The van der Waals surface area contributed by atoms with E-state index in [2.05, 4.69) is 153 Å². The molecule has 17 rings (SSSR count). The molecule has 1 saturated carbocycles. The van der Waals surface area contributed by atoms with E-state index in [-0.39, 0.29) is 122 Å². The molecule has 0 aliphatic heterocycles. The summed E-state index contributed by atoms with van der Waals surface area (Å²) in [6.07, 6.45) is 23.2. The molecular formula is C116H100N4O16Zn4. The van der Waals surface area contributed by atoms with Crippen molar-refractivity contribution >= 4 is 72.1 Å². The number of carboxylic acids is 8. The van der Waals surface area contributed by atoms with Gasteiger partial charge in [-0.1, -0.05) is 384 Å². The summed E-state index contributed by atoms with van der Waals surface area (Å²) in [6.45, 7) is 15.2. The number of nitrogens with zero attached hydrogens (tertiary/aromatic N) is 4. The van der Waals surface area contributed by atoms with Gasteiger partial charge >= 0.3 is 77.9 Å². The molecule has 1 fully saturated rings. The number of hydrogen-bond donors (Lipinski definition) is 0. The second-order valence-electron chi connectivity index (χ2n) is 30.8. The maximum Gasteiger partial charge on any atom is 2.00 e. The van der Waals surface area contributed by atoms with E-state index in [0.29, 0.717) is 23.7 Å². The predicted octanol–water partition coefficient (Wildman–Crippen LogP) is 15.3. The first-order valence-corrected chi connectivity index (χ1v) is 42.8. The first kappa shape index (κ1) is 119. The van der Waals surface area contributed by atoms with E-state index in [1.807, 2.05) is 141 Å². The van der Waals surface area contributed by atoms with Gasteiger partial charge in [-0.05, 0) is 217 Å². The number of aryl methyl sites for hydroxylation is 8. The van der Waals surface area contributed by atoms with Crippen LogP contribution in [0.15, 0.2) is 414 Å². The average molecular weight is 2070 g/mol. The van der Waals surface area contributed by atoms with Crippen molar-refractivity contribution < 1.29 is 157 Å². The van der Waals surface area contributed by atoms with Crippen LogP contribution >= 0.6 is 0 Å². The minimum atomic E-state index is -1.12. The van der Waals surface area contributed by atoms with E-state index in [1.54, 1.807) is 122 Å². The molecule has 0 spiro atoms. The van der Waals surface area contributed by atoms with Crippen molar-refractivity contribution in [1.82, 2.24) is 19.9 Å². The first-order chi connectivity index (χ1) is 65.4. The van der Waals surface area contributed by atoms with Crippen LogP contribution in [0, 0.1) is 55.4 Å². The Kier molecular flexibility index (Phi) is 55.9. The van der Waals surface area contributed by atoms with Crippen molar-refractivity contribution in [3.05, 3.63) is 547 Å². The largest absolute Gasteiger partial charge is 2.00 e. The molecule has 1 aliphatic rings. The second-order valence-corrected chi connectivity index (χ2v) is 30.8. The van der Waals surface area contributed by atoms with Gasteiger partial charge in [0, 0.05) is 49.6 Å². The number of carboxylic acid groups (broad SMARTS) is 8. The molecule has 20 nitrogen and oxygen atoms in total. The number of benzene rings is 12. The van der Waals surface area contributed by atoms with Crippen LogP contribution in [0.4, 0.5) is 0 Å². The monoisotopic (exact) mass is 2060 g/mol. The van der Waals surface area contributed by atoms with E-state index in [0.717, 1.165) is 44.5 Å². The summed E-state index contributed by atoms with van der Waals surface area (Å²) in [6, 6.07) is 111. The van der Waals surface area contributed by atoms with E-state index < -0.39 is 47.8 Å². The number of carbonyl (C=O) groups is 8. The third-order valence-electron chi connectivity index (χ3n) is 20.3. The number of carbonyl (C=O) groups excluding carboxylic acids is 8. The molecule has 0 unspecified atom stereocenters. The Balaban J connectivity index is 0.000000404. The first-order valence-electron chi connectivity index (χ1n) is 42.8. The topological polar surface area (TPSA) is 373 Å². The summed E-state index contributed by atoms with van der Waals surface area (Å²) < 4.78 is 0. The van der Waals surface area contributed by atoms with Crippen molar-refractivity contribution in [2.75, 3.05) is 0 Å². The van der Waals surface area contributed by atoms with Gasteiger partial charge in [-0.15, -0.1) is 0 Å². The molecule has 1 aliphatic carbocycles. The molecular weight excluding hydrogens is 1970 g/mol. The molecule has 0 N–H and O–H groups in total. The number of aromatic carboxylic acids is 8. The van der Waals surface area contributed by atoms with Crippen LogP contribution in [-0.4, -0.2) is 67.7 Å². The van der Waals surface area contributed by atoms with Gasteiger partial charge < -0.3 is 79.2 Å². The Morgan fingerprint density at radius 2 is 0.293 bits per heavy atom. The van der Waals surface area contributed by atoms with Gasteiger partial charge in [0.25, 0.3) is 0 Å². The van der Waals surface area contributed by atoms with Crippen LogP contribution in [-0.2, 0) is 77.9 Å². The van der Waals surface area contributed by atoms with Crippen LogP contribution in [0.1, 0.15) is 196 Å². The number of rotatable bonds is 16. The second kappa shape index (κ2) is 65.7. The Labute approximate surface area is 868 Å². The number of hydrogen-bond acceptors (Lipinski definition) is 20. The minimum Gasteiger partial charge on any atom is -0.545 e. The van der Waals surface area contributed by atoms with Gasteiger partial charge in [0.15, 0.2) is 0 Å². The average Bonchev–Trinajstić information content (AvgIpc) is 0.715. The van der Waals surface area contributed by atoms with Gasteiger partial charge in [0.05, 0.1) is 47.8 Å². The summed E-state index contributed by atoms with van der Waals surface area (Å²) >= 11 is 0. The summed E-state index contributed by atoms with van der Waals surface area (Å²) in [5, 5.41) is 81.6. The predicted molar refractivity (Wildman–Crippen MR) is 516 cm³/mol. The van der Waals surface area contributed by atoms with Crippen molar-refractivity contribution in [2.45, 2.75) is 79.1 Å². The SMILES string of the molecule is C(=C\c1ccncc1)/c1ccccc1.C(=C\c1ccncc1)/c1ccccc1.Cc1ccc(C(=O)[O-])cc1.Cc1ccc(C(=O)[O-])cc1.Cc1ccc(C(=O)[O-])cc1.Cc1ccc(C(=O)[O-])cc1.Cc1ccc(C(=O)[O-])cc1.Cc1ccc(C(=O)[O-])cc1.Cc1ccc(C(=O)[O-])cc1.Cc1ccc(C(=O)[O-])cc1.[Zn+2].[Zn+2].[Zn+2].[Zn+2].c1ccc(C2C(c3ccncc3)C(c3ccccc3)C2c2ccncc2)cc1. The molecule has 140 heavy (non-hydrogen) atoms. The maximum atomic E-state index is 10.2. The standard InChI is InChI=1S/C26H22N2.2C13H11N.8C8H8O2.4Zn/c1-3-7-19(8-4-1)23-25(21-11-15-27-16-12-21)24(20-9-5-2-6-10-20)26(23)22-13-17-28-18-14-22;2*1-2-4-12(5-3-1)6-7-13-8-10-14-11-9-13;8*1-6-2-4-7(5-3-6)8(9)10;;;;/h1-18,23-26H;2*1-11H;8*2-5H,1H3,(H,9,10);;;;/q;;;;;;;;;;;4*+2/p-8/b;2*7-6+;;;;;;;;;;;;. The molecule has 0 saturated heterocycles. The van der Waals surface area contributed by atoms with Crippen molar-refractivity contribution in [2.24, 2.45) is 0 Å². The Bertz CT molecular complexity index is 5360. The van der Waals surface area contributed by atoms with E-state index in [9.17, 15) is 79.2 Å². The van der Waals surface area contributed by atoms with Crippen molar-refractivity contribution in [3.63, 3.8) is 0 Å². The van der Waals surface area contributed by atoms with E-state index in [1.165, 1.54) is 142 Å². The van der Waals surface area contributed by atoms with Crippen LogP contribution in [0.25, 0.3) is 24.3 Å². The molecule has 0 atom stereocenters. The molecule has 4 aromatic heterocycles. The molecule has 0 bridgehead atoms. The fourth-order valence-electron chi connectivity index (χ4n) is 12.9. The summed E-state index contributed by atoms with van der Waals surface area (Å²) in [5.74, 6) is -7.30. The zero-order chi connectivity index (χ0) is 98.5. The van der Waals surface area contributed by atoms with Gasteiger partial charge in [-0.25, -0.2) is 0 Å². The third kappa shape index (κ3) is 44.4. The molecule has 24 heteroatoms. The summed E-state index contributed by atoms with van der Waals surface area (Å²) in [4.78, 5) is 98.0. The van der Waals surface area contributed by atoms with Crippen LogP contribution < -0.4 is 40.9 Å². The van der Waals surface area contributed by atoms with Gasteiger partial charge in [0.2, 0.25) is 0 Å². The summed E-state index contributed by atoms with van der Waals surface area (Å²) in [5.41, 5.74) is 20.5. The quantitative estimate of drug-likeness (QED) is 0.0811. The molecule has 0 radical (unpaired) electrons.